The highest BCUT2D eigenvalue weighted by Crippen LogP contribution is 2.28. The largest absolute Gasteiger partial charge is 0.344 e. The minimum Gasteiger partial charge on any atom is -0.344 e. The second-order valence-electron chi connectivity index (χ2n) is 9.64. The summed E-state index contributed by atoms with van der Waals surface area (Å²) in [6, 6.07) is 9.22. The van der Waals surface area contributed by atoms with Crippen LogP contribution in [0.5, 0.6) is 0 Å². The molecule has 5 nitrogen and oxygen atoms in total. The van der Waals surface area contributed by atoms with E-state index in [2.05, 4.69) is 46.2 Å². The fraction of sp³-hybridized carbons (Fsp3) is 0.480. The predicted octanol–water partition coefficient (Wildman–Crippen LogP) is 5.62. The van der Waals surface area contributed by atoms with Crippen molar-refractivity contribution < 1.29 is 4.79 Å². The number of hydrogen-bond donors (Lipinski definition) is 1. The van der Waals surface area contributed by atoms with Gasteiger partial charge in [0.1, 0.15) is 5.52 Å². The summed E-state index contributed by atoms with van der Waals surface area (Å²) >= 11 is 0. The molecule has 1 aliphatic rings. The second kappa shape index (κ2) is 8.31. The van der Waals surface area contributed by atoms with E-state index in [0.29, 0.717) is 22.8 Å². The maximum Gasteiger partial charge on any atom is 0.171 e. The highest BCUT2D eigenvalue weighted by Gasteiger charge is 2.26. The number of ketones is 1. The van der Waals surface area contributed by atoms with Crippen molar-refractivity contribution in [3.63, 3.8) is 0 Å². The molecule has 0 spiro atoms. The van der Waals surface area contributed by atoms with Crippen molar-refractivity contribution >= 4 is 16.9 Å². The topological polar surface area (TPSA) is 61.9 Å². The number of hydrogen-bond acceptors (Lipinski definition) is 4. The Kier molecular flexibility index (Phi) is 5.74. The van der Waals surface area contributed by atoms with Crippen LogP contribution < -0.4 is 0 Å². The zero-order chi connectivity index (χ0) is 21.3. The number of nitrogens with zero attached hydrogens (tertiary/aromatic N) is 3. The molecular formula is C25H32N4O. The molecule has 0 amide bonds. The van der Waals surface area contributed by atoms with E-state index in [1.165, 1.54) is 37.7 Å². The summed E-state index contributed by atoms with van der Waals surface area (Å²) in [5.74, 6) is 0.0723. The molecule has 0 radical (unpaired) electrons. The molecule has 1 aliphatic carbocycles. The van der Waals surface area contributed by atoms with Gasteiger partial charge in [0, 0.05) is 29.8 Å². The number of aromatic amines is 1. The number of H-pyrrole nitrogens is 1. The minimum atomic E-state index is -0.462. The van der Waals surface area contributed by atoms with Crippen LogP contribution in [0.2, 0.25) is 0 Å². The van der Waals surface area contributed by atoms with E-state index >= 15 is 0 Å². The zero-order valence-corrected chi connectivity index (χ0v) is 18.5. The molecule has 0 aliphatic heterocycles. The lowest BCUT2D eigenvalue weighted by atomic mass is 9.87. The molecule has 2 aromatic heterocycles. The maximum absolute atomic E-state index is 12.8. The third-order valence-electron chi connectivity index (χ3n) is 6.16. The maximum atomic E-state index is 12.8. The fourth-order valence-electron chi connectivity index (χ4n) is 4.38. The van der Waals surface area contributed by atoms with E-state index < -0.39 is 5.41 Å². The number of rotatable bonds is 5. The number of aromatic nitrogens is 3. The quantitative estimate of drug-likeness (QED) is 0.561. The van der Waals surface area contributed by atoms with Gasteiger partial charge in [-0.3, -0.25) is 9.69 Å². The first kappa shape index (κ1) is 20.7. The van der Waals surface area contributed by atoms with Crippen molar-refractivity contribution in [1.82, 2.24) is 19.9 Å². The summed E-state index contributed by atoms with van der Waals surface area (Å²) in [7, 11) is 2.23. The summed E-state index contributed by atoms with van der Waals surface area (Å²) in [5.41, 5.74) is 4.57. The van der Waals surface area contributed by atoms with Crippen molar-refractivity contribution in [2.45, 2.75) is 65.5 Å². The van der Waals surface area contributed by atoms with E-state index in [1.54, 1.807) is 12.4 Å². The van der Waals surface area contributed by atoms with Crippen LogP contribution in [0.25, 0.3) is 22.4 Å². The molecule has 1 N–H and O–H groups in total. The average molecular weight is 405 g/mol. The Morgan fingerprint density at radius 3 is 2.70 bits per heavy atom. The third kappa shape index (κ3) is 4.31. The lowest BCUT2D eigenvalue weighted by Gasteiger charge is -2.31. The van der Waals surface area contributed by atoms with Gasteiger partial charge >= 0.3 is 0 Å². The summed E-state index contributed by atoms with van der Waals surface area (Å²) in [6.07, 6.45) is 10.2. The average Bonchev–Trinajstić information content (AvgIpc) is 3.16. The number of carbonyl (C=O) groups is 1. The first-order valence-electron chi connectivity index (χ1n) is 11.0. The molecule has 30 heavy (non-hydrogen) atoms. The van der Waals surface area contributed by atoms with Crippen LogP contribution in [0, 0.1) is 5.41 Å². The second-order valence-corrected chi connectivity index (χ2v) is 9.64. The van der Waals surface area contributed by atoms with Gasteiger partial charge in [-0.2, -0.15) is 0 Å². The molecule has 4 rings (SSSR count). The number of carbonyl (C=O) groups excluding carboxylic acids is 1. The molecule has 2 heterocycles. The summed E-state index contributed by atoms with van der Waals surface area (Å²) < 4.78 is 0. The molecule has 1 fully saturated rings. The zero-order valence-electron chi connectivity index (χ0n) is 18.5. The van der Waals surface area contributed by atoms with Gasteiger partial charge in [-0.25, -0.2) is 9.97 Å². The first-order valence-corrected chi connectivity index (χ1v) is 11.0. The third-order valence-corrected chi connectivity index (χ3v) is 6.16. The van der Waals surface area contributed by atoms with Crippen molar-refractivity contribution in [3.8, 4) is 11.3 Å². The van der Waals surface area contributed by atoms with E-state index in [9.17, 15) is 4.79 Å². The molecule has 0 bridgehead atoms. The van der Waals surface area contributed by atoms with Crippen LogP contribution in [0.15, 0.2) is 36.7 Å². The van der Waals surface area contributed by atoms with E-state index in [4.69, 9.17) is 4.98 Å². The van der Waals surface area contributed by atoms with Crippen molar-refractivity contribution in [1.29, 1.82) is 0 Å². The van der Waals surface area contributed by atoms with Crippen LogP contribution in [0.1, 0.15) is 68.8 Å². The van der Waals surface area contributed by atoms with Crippen LogP contribution >= 0.6 is 0 Å². The lowest BCUT2D eigenvalue weighted by molar-refractivity contribution is 0.0860. The first-order chi connectivity index (χ1) is 14.3. The summed E-state index contributed by atoms with van der Waals surface area (Å²) in [6.45, 7) is 6.72. The molecule has 0 atom stereocenters. The standard InChI is InChI=1S/C25H32N4O/c1-25(2,3)23(30)20-14-26-24-22(20)28-21(15-27-24)18-10-8-9-17(13-18)16-29(4)19-11-6-5-7-12-19/h8-10,13-15,19H,5-7,11-12,16H2,1-4H3,(H,26,27). The van der Waals surface area contributed by atoms with Gasteiger partial charge in [-0.1, -0.05) is 58.2 Å². The SMILES string of the molecule is CN(Cc1cccc(-c2cnc3[nH]cc(C(=O)C(C)(C)C)c3n2)c1)C1CCCCC1. The Bertz CT molecular complexity index is 1040. The molecule has 158 valence electrons. The Labute approximate surface area is 178 Å². The van der Waals surface area contributed by atoms with Crippen molar-refractivity contribution in [3.05, 3.63) is 47.8 Å². The number of nitrogens with one attached hydrogen (secondary N) is 1. The van der Waals surface area contributed by atoms with Gasteiger partial charge in [0.25, 0.3) is 0 Å². The monoisotopic (exact) mass is 404 g/mol. The highest BCUT2D eigenvalue weighted by molar-refractivity contribution is 6.08. The van der Waals surface area contributed by atoms with Gasteiger partial charge < -0.3 is 4.98 Å². The van der Waals surface area contributed by atoms with Crippen LogP contribution in [0.3, 0.4) is 0 Å². The van der Waals surface area contributed by atoms with Crippen LogP contribution in [-0.4, -0.2) is 38.7 Å². The summed E-state index contributed by atoms with van der Waals surface area (Å²) in [5, 5.41) is 0. The Morgan fingerprint density at radius 2 is 1.97 bits per heavy atom. The van der Waals surface area contributed by atoms with E-state index in [1.807, 2.05) is 20.8 Å². The molecule has 3 aromatic rings. The number of fused-ring (bicyclic) bond motifs is 1. The molecule has 0 unspecified atom stereocenters. The Morgan fingerprint density at radius 1 is 1.20 bits per heavy atom. The van der Waals surface area contributed by atoms with Crippen molar-refractivity contribution in [2.75, 3.05) is 7.05 Å². The van der Waals surface area contributed by atoms with Crippen LogP contribution in [-0.2, 0) is 6.54 Å². The van der Waals surface area contributed by atoms with Gasteiger partial charge in [-0.15, -0.1) is 0 Å². The molecular weight excluding hydrogens is 372 g/mol. The lowest BCUT2D eigenvalue weighted by Crippen LogP contribution is -2.32. The minimum absolute atomic E-state index is 0.0723. The Balaban J connectivity index is 1.61. The molecule has 0 saturated heterocycles. The van der Waals surface area contributed by atoms with Crippen LogP contribution in [0.4, 0.5) is 0 Å². The summed E-state index contributed by atoms with van der Waals surface area (Å²) in [4.78, 5) is 27.7. The van der Waals surface area contributed by atoms with Gasteiger partial charge in [0.15, 0.2) is 11.4 Å². The van der Waals surface area contributed by atoms with Crippen molar-refractivity contribution in [2.24, 2.45) is 5.41 Å². The van der Waals surface area contributed by atoms with E-state index in [0.717, 1.165) is 17.8 Å². The van der Waals surface area contributed by atoms with Gasteiger partial charge in [0.2, 0.25) is 0 Å². The molecule has 5 heteroatoms. The molecule has 1 aromatic carbocycles. The Hall–Kier alpha value is -2.53. The molecule has 1 saturated carbocycles. The van der Waals surface area contributed by atoms with E-state index in [-0.39, 0.29) is 5.78 Å². The highest BCUT2D eigenvalue weighted by atomic mass is 16.1. The predicted molar refractivity (Wildman–Crippen MR) is 121 cm³/mol. The smallest absolute Gasteiger partial charge is 0.171 e. The number of Topliss-reactive ketones (excluding diaryl/α,β-unsaturated/α-hetero) is 1. The number of benzene rings is 1. The fourth-order valence-corrected chi connectivity index (χ4v) is 4.38. The van der Waals surface area contributed by atoms with Gasteiger partial charge in [-0.05, 0) is 31.5 Å². The normalized spacial score (nSPS) is 15.8. The van der Waals surface area contributed by atoms with Gasteiger partial charge in [0.05, 0.1) is 17.5 Å².